The second-order valence-corrected chi connectivity index (χ2v) is 8.53. The lowest BCUT2D eigenvalue weighted by molar-refractivity contribution is 0.0672. The molecular formula is C25H36FIN4O. The van der Waals surface area contributed by atoms with Crippen LogP contribution in [0.25, 0.3) is 0 Å². The Hall–Kier alpha value is -1.71. The van der Waals surface area contributed by atoms with Crippen molar-refractivity contribution in [2.45, 2.75) is 38.8 Å². The van der Waals surface area contributed by atoms with E-state index in [1.165, 1.54) is 6.07 Å². The van der Waals surface area contributed by atoms with Crippen LogP contribution in [0.3, 0.4) is 0 Å². The molecule has 1 fully saturated rings. The number of hydrogen-bond donors (Lipinski definition) is 3. The molecule has 5 nitrogen and oxygen atoms in total. The smallest absolute Gasteiger partial charge is 0.191 e. The van der Waals surface area contributed by atoms with Crippen molar-refractivity contribution in [3.63, 3.8) is 0 Å². The molecule has 0 spiro atoms. The van der Waals surface area contributed by atoms with E-state index in [2.05, 4.69) is 20.5 Å². The van der Waals surface area contributed by atoms with Gasteiger partial charge in [-0.3, -0.25) is 4.90 Å². The molecule has 176 valence electrons. The zero-order valence-corrected chi connectivity index (χ0v) is 21.4. The van der Waals surface area contributed by atoms with Gasteiger partial charge >= 0.3 is 0 Å². The molecule has 2 aromatic rings. The van der Waals surface area contributed by atoms with Crippen LogP contribution in [0.1, 0.15) is 37.8 Å². The Morgan fingerprint density at radius 1 is 1.09 bits per heavy atom. The maximum Gasteiger partial charge on any atom is 0.191 e. The van der Waals surface area contributed by atoms with Crippen molar-refractivity contribution in [3.8, 4) is 0 Å². The van der Waals surface area contributed by atoms with Crippen molar-refractivity contribution in [2.24, 2.45) is 10.9 Å². The number of halogens is 2. The molecule has 1 aliphatic rings. The molecule has 3 N–H and O–H groups in total. The van der Waals surface area contributed by atoms with E-state index in [9.17, 15) is 9.50 Å². The van der Waals surface area contributed by atoms with Crippen molar-refractivity contribution < 1.29 is 9.50 Å². The first-order valence-corrected chi connectivity index (χ1v) is 11.2. The Bertz CT molecular complexity index is 839. The number of rotatable bonds is 8. The Morgan fingerprint density at radius 2 is 1.75 bits per heavy atom. The molecule has 7 heteroatoms. The summed E-state index contributed by atoms with van der Waals surface area (Å²) in [6, 6.07) is 16.7. The molecule has 3 rings (SSSR count). The average Bonchev–Trinajstić information content (AvgIpc) is 2.79. The predicted molar refractivity (Wildman–Crippen MR) is 140 cm³/mol. The van der Waals surface area contributed by atoms with Crippen LogP contribution in [0.5, 0.6) is 0 Å². The van der Waals surface area contributed by atoms with Gasteiger partial charge in [-0.1, -0.05) is 48.5 Å². The van der Waals surface area contributed by atoms with Crippen LogP contribution in [0.2, 0.25) is 0 Å². The van der Waals surface area contributed by atoms with Gasteiger partial charge in [0.25, 0.3) is 0 Å². The third-order valence-corrected chi connectivity index (χ3v) is 5.90. The van der Waals surface area contributed by atoms with Crippen LogP contribution in [0.4, 0.5) is 4.39 Å². The highest BCUT2D eigenvalue weighted by atomic mass is 127. The highest BCUT2D eigenvalue weighted by molar-refractivity contribution is 14.0. The first-order valence-electron chi connectivity index (χ1n) is 11.2. The molecule has 1 atom stereocenters. The fraction of sp³-hybridized carbons (Fsp3) is 0.480. The third-order valence-electron chi connectivity index (χ3n) is 5.90. The van der Waals surface area contributed by atoms with Crippen LogP contribution < -0.4 is 10.6 Å². The molecule has 0 aliphatic carbocycles. The minimum absolute atomic E-state index is 0. The van der Waals surface area contributed by atoms with E-state index < -0.39 is 5.60 Å². The van der Waals surface area contributed by atoms with Crippen LogP contribution >= 0.6 is 24.0 Å². The molecule has 0 bridgehead atoms. The van der Waals surface area contributed by atoms with E-state index in [0.717, 1.165) is 56.1 Å². The molecule has 0 saturated carbocycles. The number of hydrogen-bond acceptors (Lipinski definition) is 3. The zero-order valence-electron chi connectivity index (χ0n) is 19.1. The van der Waals surface area contributed by atoms with Crippen LogP contribution in [0.15, 0.2) is 59.6 Å². The van der Waals surface area contributed by atoms with Gasteiger partial charge in [-0.05, 0) is 57.3 Å². The topological polar surface area (TPSA) is 59.9 Å². The molecule has 0 radical (unpaired) electrons. The first-order chi connectivity index (χ1) is 15.0. The van der Waals surface area contributed by atoms with Gasteiger partial charge in [0.1, 0.15) is 11.4 Å². The van der Waals surface area contributed by atoms with Crippen molar-refractivity contribution in [2.75, 3.05) is 32.7 Å². The average molecular weight is 554 g/mol. The second kappa shape index (κ2) is 13.1. The number of aliphatic hydroxyl groups is 1. The van der Waals surface area contributed by atoms with Crippen LogP contribution in [-0.4, -0.2) is 48.7 Å². The van der Waals surface area contributed by atoms with Gasteiger partial charge in [0.2, 0.25) is 0 Å². The summed E-state index contributed by atoms with van der Waals surface area (Å²) in [5.41, 5.74) is 0.615. The molecule has 2 aromatic carbocycles. The number of aliphatic imine (C=N–C) groups is 1. The van der Waals surface area contributed by atoms with Gasteiger partial charge in [0.15, 0.2) is 5.96 Å². The lowest BCUT2D eigenvalue weighted by Gasteiger charge is -2.32. The highest BCUT2D eigenvalue weighted by Gasteiger charge is 2.23. The Labute approximate surface area is 208 Å². The maximum absolute atomic E-state index is 13.9. The fourth-order valence-electron chi connectivity index (χ4n) is 3.92. The second-order valence-electron chi connectivity index (χ2n) is 8.53. The summed E-state index contributed by atoms with van der Waals surface area (Å²) >= 11 is 0. The van der Waals surface area contributed by atoms with Gasteiger partial charge in [-0.2, -0.15) is 0 Å². The third kappa shape index (κ3) is 8.01. The maximum atomic E-state index is 13.9. The molecular weight excluding hydrogens is 518 g/mol. The normalized spacial score (nSPS) is 17.3. The van der Waals surface area contributed by atoms with Gasteiger partial charge in [-0.15, -0.1) is 24.0 Å². The van der Waals surface area contributed by atoms with E-state index in [1.807, 2.05) is 49.4 Å². The van der Waals surface area contributed by atoms with E-state index >= 15 is 0 Å². The van der Waals surface area contributed by atoms with E-state index in [-0.39, 0.29) is 36.3 Å². The summed E-state index contributed by atoms with van der Waals surface area (Å²) in [6.45, 7) is 8.33. The lowest BCUT2D eigenvalue weighted by atomic mass is 9.96. The molecule has 1 aliphatic heterocycles. The minimum Gasteiger partial charge on any atom is -0.384 e. The highest BCUT2D eigenvalue weighted by Crippen LogP contribution is 2.21. The summed E-state index contributed by atoms with van der Waals surface area (Å²) in [6.07, 6.45) is 2.14. The van der Waals surface area contributed by atoms with Crippen molar-refractivity contribution in [1.82, 2.24) is 15.5 Å². The zero-order chi connectivity index (χ0) is 22.1. The van der Waals surface area contributed by atoms with Crippen molar-refractivity contribution in [3.05, 3.63) is 71.5 Å². The van der Waals surface area contributed by atoms with Gasteiger partial charge in [-0.25, -0.2) is 9.38 Å². The molecule has 0 amide bonds. The summed E-state index contributed by atoms with van der Waals surface area (Å²) < 4.78 is 13.9. The van der Waals surface area contributed by atoms with Crippen molar-refractivity contribution in [1.29, 1.82) is 0 Å². The number of nitrogens with one attached hydrogen (secondary N) is 2. The standard InChI is InChI=1S/C25H35FN4O.HI/c1-3-27-24(29-19-25(2,31)22-10-5-4-6-11-22)28-17-20-13-15-30(16-14-20)18-21-9-7-8-12-23(21)26;/h4-12,20,31H,3,13-19H2,1-2H3,(H2,27,28,29);1H. The van der Waals surface area contributed by atoms with E-state index in [1.54, 1.807) is 13.0 Å². The molecule has 1 unspecified atom stereocenters. The number of piperidine rings is 1. The van der Waals surface area contributed by atoms with Crippen molar-refractivity contribution >= 4 is 29.9 Å². The predicted octanol–water partition coefficient (Wildman–Crippen LogP) is 4.12. The molecule has 1 heterocycles. The van der Waals surface area contributed by atoms with Gasteiger partial charge in [0.05, 0.1) is 6.54 Å². The van der Waals surface area contributed by atoms with Gasteiger partial charge in [0, 0.05) is 25.2 Å². The number of nitrogens with zero attached hydrogens (tertiary/aromatic N) is 2. The Morgan fingerprint density at radius 3 is 2.41 bits per heavy atom. The Balaban J connectivity index is 0.00000363. The van der Waals surface area contributed by atoms with E-state index in [4.69, 9.17) is 0 Å². The van der Waals surface area contributed by atoms with Crippen LogP contribution in [0, 0.1) is 11.7 Å². The number of benzene rings is 2. The minimum atomic E-state index is -1.01. The fourth-order valence-corrected chi connectivity index (χ4v) is 3.92. The first kappa shape index (κ1) is 26.5. The summed E-state index contributed by atoms with van der Waals surface area (Å²) in [5.74, 6) is 1.16. The lowest BCUT2D eigenvalue weighted by Crippen LogP contribution is -2.43. The molecule has 32 heavy (non-hydrogen) atoms. The number of guanidine groups is 1. The summed E-state index contributed by atoms with van der Waals surface area (Å²) in [4.78, 5) is 6.94. The largest absolute Gasteiger partial charge is 0.384 e. The number of likely N-dealkylation sites (tertiary alicyclic amines) is 1. The summed E-state index contributed by atoms with van der Waals surface area (Å²) in [7, 11) is 0. The molecule has 0 aromatic heterocycles. The van der Waals surface area contributed by atoms with Gasteiger partial charge < -0.3 is 15.7 Å². The molecule has 1 saturated heterocycles. The van der Waals surface area contributed by atoms with E-state index in [0.29, 0.717) is 12.5 Å². The SMILES string of the molecule is CCNC(=NCC(C)(O)c1ccccc1)NCC1CCN(Cc2ccccc2F)CC1.I. The summed E-state index contributed by atoms with van der Waals surface area (Å²) in [5, 5.41) is 17.5. The monoisotopic (exact) mass is 554 g/mol. The Kier molecular flexibility index (Phi) is 10.9. The quantitative estimate of drug-likeness (QED) is 0.261. The van der Waals surface area contributed by atoms with Crippen LogP contribution in [-0.2, 0) is 12.1 Å².